The van der Waals surface area contributed by atoms with E-state index in [1.54, 1.807) is 13.8 Å². The highest BCUT2D eigenvalue weighted by atomic mass is 32.2. The Morgan fingerprint density at radius 1 is 1.25 bits per heavy atom. The summed E-state index contributed by atoms with van der Waals surface area (Å²) >= 11 is 0. The Morgan fingerprint density at radius 3 is 2.25 bits per heavy atom. The lowest BCUT2D eigenvalue weighted by Gasteiger charge is -2.19. The summed E-state index contributed by atoms with van der Waals surface area (Å²) in [4.78, 5) is 11.5. The fraction of sp³-hybridized carbons (Fsp3) is 0.462. The maximum atomic E-state index is 12.1. The molecule has 0 saturated carbocycles. The molecule has 112 valence electrons. The van der Waals surface area contributed by atoms with Crippen molar-refractivity contribution in [1.82, 2.24) is 10.0 Å². The molecule has 0 aliphatic heterocycles. The fourth-order valence-corrected chi connectivity index (χ4v) is 2.87. The lowest BCUT2D eigenvalue weighted by atomic mass is 10.1. The molecular weight excluding hydrogens is 280 g/mol. The highest BCUT2D eigenvalue weighted by Crippen LogP contribution is 2.13. The molecule has 0 aliphatic carbocycles. The Labute approximate surface area is 119 Å². The summed E-state index contributed by atoms with van der Waals surface area (Å²) < 4.78 is 26.7. The minimum Gasteiger partial charge on any atom is -0.396 e. The highest BCUT2D eigenvalue weighted by Gasteiger charge is 2.21. The first-order valence-electron chi connectivity index (χ1n) is 6.27. The maximum Gasteiger partial charge on any atom is 0.251 e. The highest BCUT2D eigenvalue weighted by molar-refractivity contribution is 7.89. The summed E-state index contributed by atoms with van der Waals surface area (Å²) in [6.45, 7) is 3.35. The Hall–Kier alpha value is -1.44. The van der Waals surface area contributed by atoms with Crippen LogP contribution in [0.15, 0.2) is 29.2 Å². The van der Waals surface area contributed by atoms with Crippen LogP contribution in [0.4, 0.5) is 0 Å². The van der Waals surface area contributed by atoms with Gasteiger partial charge in [-0.2, -0.15) is 0 Å². The van der Waals surface area contributed by atoms with E-state index in [1.165, 1.54) is 31.3 Å². The van der Waals surface area contributed by atoms with Gasteiger partial charge in [0.05, 0.1) is 4.90 Å². The predicted molar refractivity (Wildman–Crippen MR) is 75.9 cm³/mol. The minimum absolute atomic E-state index is 0.0853. The van der Waals surface area contributed by atoms with E-state index < -0.39 is 10.0 Å². The molecule has 0 aliphatic rings. The van der Waals surface area contributed by atoms with Crippen LogP contribution in [-0.4, -0.2) is 39.1 Å². The molecular formula is C13H20N2O4S. The lowest BCUT2D eigenvalue weighted by Crippen LogP contribution is -2.38. The van der Waals surface area contributed by atoms with Gasteiger partial charge in [-0.05, 0) is 37.1 Å². The molecule has 0 heterocycles. The first kappa shape index (κ1) is 16.6. The molecule has 0 saturated heterocycles. The third-order valence-corrected chi connectivity index (χ3v) is 4.71. The summed E-state index contributed by atoms with van der Waals surface area (Å²) in [5.74, 6) is -0.459. The quantitative estimate of drug-likeness (QED) is 0.706. The number of sulfonamides is 1. The number of aliphatic hydroxyl groups excluding tert-OH is 1. The third-order valence-electron chi connectivity index (χ3n) is 3.14. The van der Waals surface area contributed by atoms with E-state index in [2.05, 4.69) is 10.0 Å². The number of nitrogens with one attached hydrogen (secondary N) is 2. The zero-order valence-electron chi connectivity index (χ0n) is 11.8. The molecule has 2 atom stereocenters. The summed E-state index contributed by atoms with van der Waals surface area (Å²) in [5.41, 5.74) is 0.392. The number of carbonyl (C=O) groups excluding carboxylic acids is 1. The summed E-state index contributed by atoms with van der Waals surface area (Å²) in [5, 5.41) is 11.5. The molecule has 7 heteroatoms. The number of carbonyl (C=O) groups is 1. The first-order valence-corrected chi connectivity index (χ1v) is 7.75. The number of hydrogen-bond acceptors (Lipinski definition) is 4. The van der Waals surface area contributed by atoms with Gasteiger partial charge in [0.15, 0.2) is 0 Å². The van der Waals surface area contributed by atoms with Gasteiger partial charge in [0, 0.05) is 25.3 Å². The first-order chi connectivity index (χ1) is 9.31. The van der Waals surface area contributed by atoms with E-state index in [9.17, 15) is 13.2 Å². The van der Waals surface area contributed by atoms with Crippen molar-refractivity contribution in [3.63, 3.8) is 0 Å². The van der Waals surface area contributed by atoms with Crippen molar-refractivity contribution in [1.29, 1.82) is 0 Å². The number of aliphatic hydroxyl groups is 1. The Bertz CT molecular complexity index is 554. The van der Waals surface area contributed by atoms with Crippen molar-refractivity contribution < 1.29 is 18.3 Å². The minimum atomic E-state index is -3.66. The molecule has 1 amide bonds. The van der Waals surface area contributed by atoms with E-state index in [0.717, 1.165) is 0 Å². The second-order valence-corrected chi connectivity index (χ2v) is 6.39. The Kier molecular flexibility index (Phi) is 5.67. The zero-order valence-corrected chi connectivity index (χ0v) is 12.6. The van der Waals surface area contributed by atoms with Crippen LogP contribution >= 0.6 is 0 Å². The molecule has 3 N–H and O–H groups in total. The fourth-order valence-electron chi connectivity index (χ4n) is 1.52. The van der Waals surface area contributed by atoms with Crippen LogP contribution < -0.4 is 10.0 Å². The normalized spacial score (nSPS) is 14.6. The van der Waals surface area contributed by atoms with Gasteiger partial charge in [0.2, 0.25) is 10.0 Å². The molecule has 0 bridgehead atoms. The van der Waals surface area contributed by atoms with E-state index in [4.69, 9.17) is 5.11 Å². The number of benzene rings is 1. The van der Waals surface area contributed by atoms with Crippen molar-refractivity contribution in [3.05, 3.63) is 29.8 Å². The van der Waals surface area contributed by atoms with E-state index in [1.807, 2.05) is 0 Å². The van der Waals surface area contributed by atoms with Gasteiger partial charge in [-0.25, -0.2) is 13.1 Å². The Balaban J connectivity index is 2.91. The maximum absolute atomic E-state index is 12.1. The average Bonchev–Trinajstić information content (AvgIpc) is 2.45. The molecule has 1 aromatic carbocycles. The number of rotatable bonds is 6. The molecule has 0 spiro atoms. The van der Waals surface area contributed by atoms with Gasteiger partial charge in [0.25, 0.3) is 5.91 Å². The average molecular weight is 300 g/mol. The molecule has 0 radical (unpaired) electrons. The van der Waals surface area contributed by atoms with Crippen molar-refractivity contribution >= 4 is 15.9 Å². The van der Waals surface area contributed by atoms with E-state index >= 15 is 0 Å². The smallest absolute Gasteiger partial charge is 0.251 e. The standard InChI is InChI=1S/C13H20N2O4S/c1-9(8-16)10(2)15-20(18,19)12-6-4-11(5-7-12)13(17)14-3/h4-7,9-10,15-16H,8H2,1-3H3,(H,14,17). The molecule has 1 aromatic rings. The zero-order chi connectivity index (χ0) is 15.3. The van der Waals surface area contributed by atoms with E-state index in [0.29, 0.717) is 5.56 Å². The SMILES string of the molecule is CNC(=O)c1ccc(S(=O)(=O)NC(C)C(C)CO)cc1. The summed E-state index contributed by atoms with van der Waals surface area (Å²) in [7, 11) is -2.15. The van der Waals surface area contributed by atoms with Crippen LogP contribution in [0.1, 0.15) is 24.2 Å². The van der Waals surface area contributed by atoms with Gasteiger partial charge in [-0.15, -0.1) is 0 Å². The largest absolute Gasteiger partial charge is 0.396 e. The van der Waals surface area contributed by atoms with Crippen molar-refractivity contribution in [2.75, 3.05) is 13.7 Å². The van der Waals surface area contributed by atoms with Crippen molar-refractivity contribution in [3.8, 4) is 0 Å². The van der Waals surface area contributed by atoms with Gasteiger partial charge >= 0.3 is 0 Å². The van der Waals surface area contributed by atoms with Crippen LogP contribution in [0, 0.1) is 5.92 Å². The van der Waals surface area contributed by atoms with Gasteiger partial charge in [-0.3, -0.25) is 4.79 Å². The van der Waals surface area contributed by atoms with Crippen LogP contribution in [0.3, 0.4) is 0 Å². The number of hydrogen-bond donors (Lipinski definition) is 3. The van der Waals surface area contributed by atoms with E-state index in [-0.39, 0.29) is 29.4 Å². The summed E-state index contributed by atoms with van der Waals surface area (Å²) in [6.07, 6.45) is 0. The van der Waals surface area contributed by atoms with Gasteiger partial charge in [-0.1, -0.05) is 6.92 Å². The van der Waals surface area contributed by atoms with Crippen LogP contribution in [-0.2, 0) is 10.0 Å². The third kappa shape index (κ3) is 4.03. The van der Waals surface area contributed by atoms with Crippen LogP contribution in [0.25, 0.3) is 0 Å². The topological polar surface area (TPSA) is 95.5 Å². The van der Waals surface area contributed by atoms with Crippen LogP contribution in [0.5, 0.6) is 0 Å². The van der Waals surface area contributed by atoms with Gasteiger partial charge < -0.3 is 10.4 Å². The number of amides is 1. The predicted octanol–water partition coefficient (Wildman–Crippen LogP) is 0.341. The van der Waals surface area contributed by atoms with Gasteiger partial charge in [0.1, 0.15) is 0 Å². The molecule has 6 nitrogen and oxygen atoms in total. The molecule has 0 fully saturated rings. The second-order valence-electron chi connectivity index (χ2n) is 4.67. The van der Waals surface area contributed by atoms with Crippen molar-refractivity contribution in [2.24, 2.45) is 5.92 Å². The summed E-state index contributed by atoms with van der Waals surface area (Å²) in [6, 6.07) is 5.27. The second kappa shape index (κ2) is 6.83. The monoisotopic (exact) mass is 300 g/mol. The van der Waals surface area contributed by atoms with Crippen molar-refractivity contribution in [2.45, 2.75) is 24.8 Å². The molecule has 2 unspecified atom stereocenters. The molecule has 20 heavy (non-hydrogen) atoms. The van der Waals surface area contributed by atoms with Crippen LogP contribution in [0.2, 0.25) is 0 Å². The molecule has 0 aromatic heterocycles. The Morgan fingerprint density at radius 2 is 1.80 bits per heavy atom. The lowest BCUT2D eigenvalue weighted by molar-refractivity contribution is 0.0963. The molecule has 1 rings (SSSR count).